The van der Waals surface area contributed by atoms with Gasteiger partial charge >= 0.3 is 0 Å². The minimum absolute atomic E-state index is 0.154. The first-order chi connectivity index (χ1) is 14.7. The minimum atomic E-state index is -0.203. The molecule has 0 aliphatic heterocycles. The number of rotatable bonds is 9. The van der Waals surface area contributed by atoms with Gasteiger partial charge in [-0.1, -0.05) is 18.2 Å². The van der Waals surface area contributed by atoms with E-state index in [2.05, 4.69) is 15.6 Å². The maximum Gasteiger partial charge on any atom is 0.252 e. The fourth-order valence-corrected chi connectivity index (χ4v) is 3.61. The molecule has 152 valence electrons. The molecule has 0 aliphatic rings. The second-order valence-corrected chi connectivity index (χ2v) is 7.45. The number of hydrogen-bond donors (Lipinski definition) is 2. The summed E-state index contributed by atoms with van der Waals surface area (Å²) in [6, 6.07) is 16.0. The van der Waals surface area contributed by atoms with Crippen molar-refractivity contribution in [2.45, 2.75) is 17.9 Å². The number of nitriles is 1. The summed E-state index contributed by atoms with van der Waals surface area (Å²) in [7, 11) is 0. The van der Waals surface area contributed by atoms with Crippen LogP contribution in [0.15, 0.2) is 72.1 Å². The molecule has 0 radical (unpaired) electrons. The highest BCUT2D eigenvalue weighted by molar-refractivity contribution is 8.00. The first kappa shape index (κ1) is 21.1. The molecule has 30 heavy (non-hydrogen) atoms. The van der Waals surface area contributed by atoms with Crippen LogP contribution in [-0.2, 0) is 11.3 Å². The third-order valence-electron chi connectivity index (χ3n) is 4.20. The van der Waals surface area contributed by atoms with Crippen molar-refractivity contribution in [3.63, 3.8) is 0 Å². The van der Waals surface area contributed by atoms with Crippen LogP contribution in [0.3, 0.4) is 0 Å². The lowest BCUT2D eigenvalue weighted by atomic mass is 10.2. The zero-order valence-corrected chi connectivity index (χ0v) is 17.1. The van der Waals surface area contributed by atoms with Gasteiger partial charge in [-0.15, -0.1) is 11.8 Å². The molecular weight excluding hydrogens is 398 g/mol. The van der Waals surface area contributed by atoms with E-state index in [9.17, 15) is 9.59 Å². The van der Waals surface area contributed by atoms with Gasteiger partial charge in [0.2, 0.25) is 5.91 Å². The molecule has 0 atom stereocenters. The Hall–Kier alpha value is -3.57. The number of amides is 2. The van der Waals surface area contributed by atoms with Crippen molar-refractivity contribution < 1.29 is 9.59 Å². The van der Waals surface area contributed by atoms with Crippen molar-refractivity contribution in [1.29, 1.82) is 5.26 Å². The van der Waals surface area contributed by atoms with Crippen molar-refractivity contribution in [2.24, 2.45) is 0 Å². The summed E-state index contributed by atoms with van der Waals surface area (Å²) >= 11 is 1.30. The molecule has 8 heteroatoms. The fourth-order valence-electron chi connectivity index (χ4n) is 2.76. The van der Waals surface area contributed by atoms with Gasteiger partial charge in [0.15, 0.2) is 0 Å². The van der Waals surface area contributed by atoms with Crippen LogP contribution in [0, 0.1) is 11.3 Å². The van der Waals surface area contributed by atoms with Gasteiger partial charge in [0.1, 0.15) is 0 Å². The zero-order valence-electron chi connectivity index (χ0n) is 16.2. The maximum atomic E-state index is 12.6. The van der Waals surface area contributed by atoms with E-state index in [4.69, 9.17) is 5.26 Å². The Kier molecular flexibility index (Phi) is 7.64. The molecule has 0 aliphatic carbocycles. The van der Waals surface area contributed by atoms with Crippen LogP contribution in [0.25, 0.3) is 0 Å². The average Bonchev–Trinajstić information content (AvgIpc) is 3.29. The van der Waals surface area contributed by atoms with Crippen molar-refractivity contribution in [3.05, 3.63) is 78.4 Å². The standard InChI is InChI=1S/C22H21N5O2S/c23-14-17-5-3-6-18(13-17)26-21(28)15-30-20-8-2-1-7-19(20)22(29)25-9-4-11-27-12-10-24-16-27/h1-3,5-8,10,12-13,16H,4,9,11,15H2,(H,25,29)(H,26,28). The summed E-state index contributed by atoms with van der Waals surface area (Å²) in [5, 5.41) is 14.6. The predicted molar refractivity (Wildman–Crippen MR) is 116 cm³/mol. The molecule has 1 aromatic heterocycles. The molecule has 0 fully saturated rings. The summed E-state index contributed by atoms with van der Waals surface area (Å²) in [4.78, 5) is 29.6. The molecule has 3 aromatic rings. The van der Waals surface area contributed by atoms with Crippen LogP contribution in [-0.4, -0.2) is 33.7 Å². The van der Waals surface area contributed by atoms with Crippen LogP contribution in [0.4, 0.5) is 5.69 Å². The van der Waals surface area contributed by atoms with Crippen molar-refractivity contribution in [3.8, 4) is 6.07 Å². The number of benzene rings is 2. The van der Waals surface area contributed by atoms with Crippen LogP contribution in [0.1, 0.15) is 22.3 Å². The number of hydrogen-bond acceptors (Lipinski definition) is 5. The predicted octanol–water partition coefficient (Wildman–Crippen LogP) is 3.31. The normalized spacial score (nSPS) is 10.2. The van der Waals surface area contributed by atoms with Crippen LogP contribution in [0.5, 0.6) is 0 Å². The van der Waals surface area contributed by atoms with Crippen molar-refractivity contribution in [2.75, 3.05) is 17.6 Å². The third kappa shape index (κ3) is 6.22. The molecule has 0 unspecified atom stereocenters. The second-order valence-electron chi connectivity index (χ2n) is 6.44. The monoisotopic (exact) mass is 419 g/mol. The molecule has 2 amide bonds. The Bertz CT molecular complexity index is 1040. The first-order valence-electron chi connectivity index (χ1n) is 9.41. The lowest BCUT2D eigenvalue weighted by Gasteiger charge is -2.10. The molecule has 1 heterocycles. The van der Waals surface area contributed by atoms with Gasteiger partial charge in [-0.2, -0.15) is 5.26 Å². The fraction of sp³-hybridized carbons (Fsp3) is 0.182. The summed E-state index contributed by atoms with van der Waals surface area (Å²) in [5.41, 5.74) is 1.60. The minimum Gasteiger partial charge on any atom is -0.352 e. The summed E-state index contributed by atoms with van der Waals surface area (Å²) < 4.78 is 1.96. The van der Waals surface area contributed by atoms with Gasteiger partial charge in [-0.25, -0.2) is 4.98 Å². The number of imidazole rings is 1. The molecule has 0 saturated heterocycles. The Labute approximate surface area is 179 Å². The SMILES string of the molecule is N#Cc1cccc(NC(=O)CSc2ccccc2C(=O)NCCCn2ccnc2)c1. The van der Waals surface area contributed by atoms with E-state index in [1.807, 2.05) is 29.0 Å². The lowest BCUT2D eigenvalue weighted by molar-refractivity contribution is -0.113. The number of nitrogens with one attached hydrogen (secondary N) is 2. The number of carbonyl (C=O) groups excluding carboxylic acids is 2. The Morgan fingerprint density at radius 1 is 1.17 bits per heavy atom. The van der Waals surface area contributed by atoms with Gasteiger partial charge in [-0.3, -0.25) is 9.59 Å². The van der Waals surface area contributed by atoms with Gasteiger partial charge in [-0.05, 0) is 36.8 Å². The molecule has 2 aromatic carbocycles. The van der Waals surface area contributed by atoms with E-state index >= 15 is 0 Å². The summed E-state index contributed by atoms with van der Waals surface area (Å²) in [6.07, 6.45) is 6.15. The third-order valence-corrected chi connectivity index (χ3v) is 5.28. The highest BCUT2D eigenvalue weighted by Gasteiger charge is 2.12. The number of anilines is 1. The van der Waals surface area contributed by atoms with Crippen LogP contribution in [0.2, 0.25) is 0 Å². The number of aromatic nitrogens is 2. The quantitative estimate of drug-likeness (QED) is 0.409. The van der Waals surface area contributed by atoms with E-state index < -0.39 is 0 Å². The topological polar surface area (TPSA) is 99.8 Å². The van der Waals surface area contributed by atoms with E-state index in [-0.39, 0.29) is 17.6 Å². The molecule has 0 bridgehead atoms. The highest BCUT2D eigenvalue weighted by Crippen LogP contribution is 2.23. The Balaban J connectivity index is 1.50. The van der Waals surface area contributed by atoms with Crippen LogP contribution < -0.4 is 10.6 Å². The molecule has 0 spiro atoms. The summed E-state index contributed by atoms with van der Waals surface area (Å²) in [5.74, 6) is -0.210. The maximum absolute atomic E-state index is 12.6. The molecule has 0 saturated carbocycles. The number of thioether (sulfide) groups is 1. The smallest absolute Gasteiger partial charge is 0.252 e. The molecular formula is C22H21N5O2S. The molecule has 7 nitrogen and oxygen atoms in total. The zero-order chi connectivity index (χ0) is 21.2. The lowest BCUT2D eigenvalue weighted by Crippen LogP contribution is -2.25. The van der Waals surface area contributed by atoms with Gasteiger partial charge < -0.3 is 15.2 Å². The largest absolute Gasteiger partial charge is 0.352 e. The van der Waals surface area contributed by atoms with E-state index in [1.54, 1.807) is 48.9 Å². The second kappa shape index (κ2) is 10.8. The van der Waals surface area contributed by atoms with E-state index in [1.165, 1.54) is 11.8 Å². The Morgan fingerprint density at radius 3 is 2.83 bits per heavy atom. The van der Waals surface area contributed by atoms with Gasteiger partial charge in [0.05, 0.1) is 29.3 Å². The highest BCUT2D eigenvalue weighted by atomic mass is 32.2. The summed E-state index contributed by atoms with van der Waals surface area (Å²) in [6.45, 7) is 1.33. The number of aryl methyl sites for hydroxylation is 1. The molecule has 2 N–H and O–H groups in total. The van der Waals surface area contributed by atoms with Crippen molar-refractivity contribution in [1.82, 2.24) is 14.9 Å². The first-order valence-corrected chi connectivity index (χ1v) is 10.4. The number of nitrogens with zero attached hydrogens (tertiary/aromatic N) is 3. The van der Waals surface area contributed by atoms with E-state index in [0.717, 1.165) is 17.9 Å². The van der Waals surface area contributed by atoms with Crippen molar-refractivity contribution >= 4 is 29.3 Å². The Morgan fingerprint density at radius 2 is 2.03 bits per heavy atom. The average molecular weight is 420 g/mol. The van der Waals surface area contributed by atoms with Gasteiger partial charge in [0.25, 0.3) is 5.91 Å². The molecule has 3 rings (SSSR count). The van der Waals surface area contributed by atoms with Gasteiger partial charge in [0, 0.05) is 36.1 Å². The number of carbonyl (C=O) groups is 2. The van der Waals surface area contributed by atoms with Crippen LogP contribution >= 0.6 is 11.8 Å². The van der Waals surface area contributed by atoms with E-state index in [0.29, 0.717) is 23.4 Å².